The average Bonchev–Trinajstić information content (AvgIpc) is 2.57. The fourth-order valence-electron chi connectivity index (χ4n) is 5.94. The normalized spacial score (nSPS) is 14.2. The van der Waals surface area contributed by atoms with Gasteiger partial charge in [-0.25, -0.2) is 0 Å². The van der Waals surface area contributed by atoms with E-state index in [1.807, 2.05) is 0 Å². The zero-order chi connectivity index (χ0) is 21.4. The average molecular weight is 524 g/mol. The zero-order valence-corrected chi connectivity index (χ0v) is 26.4. The summed E-state index contributed by atoms with van der Waals surface area (Å²) in [5, 5.41) is 1.99. The third-order valence-corrected chi connectivity index (χ3v) is 143. The molecule has 0 bridgehead atoms. The van der Waals surface area contributed by atoms with Crippen LogP contribution in [0, 0.1) is 0 Å². The molecule has 0 aliphatic carbocycles. The fourth-order valence-corrected chi connectivity index (χ4v) is 209. The van der Waals surface area contributed by atoms with Crippen LogP contribution < -0.4 is 10.4 Å². The Labute approximate surface area is 184 Å². The van der Waals surface area contributed by atoms with Crippen molar-refractivity contribution in [1.29, 1.82) is 0 Å². The molecule has 0 spiro atoms. The van der Waals surface area contributed by atoms with Crippen molar-refractivity contribution >= 4 is 58.7 Å². The quantitative estimate of drug-likeness (QED) is 0.434. The van der Waals surface area contributed by atoms with Gasteiger partial charge in [-0.1, -0.05) is 0 Å². The summed E-state index contributed by atoms with van der Waals surface area (Å²) in [4.78, 5) is 0. The predicted octanol–water partition coefficient (Wildman–Crippen LogP) is 5.28. The Kier molecular flexibility index (Phi) is 7.20. The molecule has 0 heterocycles. The molecule has 0 aliphatic heterocycles. The van der Waals surface area contributed by atoms with Gasteiger partial charge in [0.2, 0.25) is 0 Å². The van der Waals surface area contributed by atoms with Crippen molar-refractivity contribution in [2.24, 2.45) is 0 Å². The Morgan fingerprint density at radius 3 is 1.00 bits per heavy atom. The number of hydrogen-bond acceptors (Lipinski definition) is 0. The van der Waals surface area contributed by atoms with Gasteiger partial charge in [0.1, 0.15) is 0 Å². The van der Waals surface area contributed by atoms with Gasteiger partial charge in [0.05, 0.1) is 0 Å². The first-order valence-corrected chi connectivity index (χ1v) is 33.4. The molecule has 2 aromatic carbocycles. The van der Waals surface area contributed by atoms with E-state index in [2.05, 4.69) is 126 Å². The molecule has 0 amide bonds. The minimum absolute atomic E-state index is 0.766. The standard InChI is InChI=1S/C22H40SeSi5/c1-24(2,3)28(25(4,5)6,26(7,8)9)23-27(10,21-17-13-11-14-18-21)22-19-15-12-16-20-22/h11-20H,1-10H3. The molecular weight excluding hydrogens is 484 g/mol. The van der Waals surface area contributed by atoms with Gasteiger partial charge in [0.15, 0.2) is 0 Å². The first-order chi connectivity index (χ1) is 12.7. The molecule has 0 radical (unpaired) electrons. The second-order valence-electron chi connectivity index (χ2n) is 11.3. The molecule has 0 aliphatic rings. The molecule has 0 saturated carbocycles. The van der Waals surface area contributed by atoms with Gasteiger partial charge in [-0.05, 0) is 0 Å². The number of benzene rings is 2. The summed E-state index contributed by atoms with van der Waals surface area (Å²) in [6.07, 6.45) is 0. The molecule has 6 heteroatoms. The van der Waals surface area contributed by atoms with E-state index in [1.54, 1.807) is 10.4 Å². The van der Waals surface area contributed by atoms with Crippen molar-refractivity contribution in [3.8, 4) is 0 Å². The molecule has 0 unspecified atom stereocenters. The molecule has 2 aromatic rings. The predicted molar refractivity (Wildman–Crippen MR) is 145 cm³/mol. The van der Waals surface area contributed by atoms with Gasteiger partial charge >= 0.3 is 185 Å². The topological polar surface area (TPSA) is 0 Å². The Balaban J connectivity index is 2.83. The van der Waals surface area contributed by atoms with Crippen molar-refractivity contribution < 1.29 is 0 Å². The van der Waals surface area contributed by atoms with Crippen LogP contribution in [0.25, 0.3) is 0 Å². The molecule has 0 N–H and O–H groups in total. The third kappa shape index (κ3) is 4.38. The Hall–Kier alpha value is 0.0439. The van der Waals surface area contributed by atoms with Gasteiger partial charge in [-0.15, -0.1) is 0 Å². The molecule has 0 nitrogen and oxygen atoms in total. The number of hydrogen-bond donors (Lipinski definition) is 0. The molecule has 28 heavy (non-hydrogen) atoms. The Morgan fingerprint density at radius 2 is 0.750 bits per heavy atom. The maximum absolute atomic E-state index is 2.75. The van der Waals surface area contributed by atoms with Crippen LogP contribution in [0.5, 0.6) is 0 Å². The van der Waals surface area contributed by atoms with Crippen molar-refractivity contribution in [3.63, 3.8) is 0 Å². The van der Waals surface area contributed by atoms with Crippen LogP contribution in [-0.2, 0) is 0 Å². The second-order valence-corrected chi connectivity index (χ2v) is 75.1. The van der Waals surface area contributed by atoms with E-state index < -0.39 is 34.7 Å². The van der Waals surface area contributed by atoms with E-state index in [-0.39, 0.29) is 0 Å². The van der Waals surface area contributed by atoms with Gasteiger partial charge < -0.3 is 0 Å². The van der Waals surface area contributed by atoms with E-state index in [4.69, 9.17) is 0 Å². The van der Waals surface area contributed by atoms with E-state index >= 15 is 0 Å². The van der Waals surface area contributed by atoms with E-state index in [9.17, 15) is 0 Å². The summed E-state index contributed by atoms with van der Waals surface area (Å²) in [6.45, 7) is 25.8. The minimum atomic E-state index is -1.74. The van der Waals surface area contributed by atoms with Gasteiger partial charge in [-0.3, -0.25) is 0 Å². The van der Waals surface area contributed by atoms with Crippen LogP contribution in [-0.4, -0.2) is 48.4 Å². The van der Waals surface area contributed by atoms with Gasteiger partial charge in [0, 0.05) is 0 Å². The molecule has 0 saturated heterocycles. The van der Waals surface area contributed by atoms with E-state index in [0.29, 0.717) is 0 Å². The van der Waals surface area contributed by atoms with Crippen LogP contribution in [0.15, 0.2) is 60.7 Å². The van der Waals surface area contributed by atoms with Crippen LogP contribution in [0.4, 0.5) is 0 Å². The van der Waals surface area contributed by atoms with Crippen molar-refractivity contribution in [2.45, 2.75) is 65.5 Å². The summed E-state index contributed by atoms with van der Waals surface area (Å²) in [5.41, 5.74) is 0. The molecule has 0 fully saturated rings. The summed E-state index contributed by atoms with van der Waals surface area (Å²) < 4.78 is 0. The van der Waals surface area contributed by atoms with E-state index in [1.165, 1.54) is 0 Å². The molecule has 154 valence electrons. The summed E-state index contributed by atoms with van der Waals surface area (Å²) in [7, 11) is -3.78. The van der Waals surface area contributed by atoms with Crippen LogP contribution in [0.2, 0.25) is 65.5 Å². The monoisotopic (exact) mass is 524 g/mol. The first kappa shape index (κ1) is 24.3. The van der Waals surface area contributed by atoms with Gasteiger partial charge in [-0.2, -0.15) is 0 Å². The molecule has 0 atom stereocenters. The molecular formula is C22H40SeSi5. The van der Waals surface area contributed by atoms with Crippen LogP contribution in [0.3, 0.4) is 0 Å². The molecule has 0 aromatic heterocycles. The summed E-state index contributed by atoms with van der Waals surface area (Å²) in [5.74, 6) is 0. The third-order valence-electron chi connectivity index (χ3n) is 6.18. The van der Waals surface area contributed by atoms with Gasteiger partial charge in [0.25, 0.3) is 0 Å². The van der Waals surface area contributed by atoms with Crippen LogP contribution >= 0.6 is 0 Å². The molecule has 2 rings (SSSR count). The van der Waals surface area contributed by atoms with Crippen molar-refractivity contribution in [1.82, 2.24) is 0 Å². The number of rotatable bonds is 7. The SMILES string of the molecule is C[Si]([Se][Si]([Si](C)(C)C)([Si](C)(C)C)[Si](C)(C)C)(c1ccccc1)c1ccccc1. The van der Waals surface area contributed by atoms with Crippen molar-refractivity contribution in [3.05, 3.63) is 60.7 Å². The summed E-state index contributed by atoms with van der Waals surface area (Å²) >= 11 is 0.766. The second kappa shape index (κ2) is 8.29. The first-order valence-electron chi connectivity index (χ1n) is 10.5. The maximum atomic E-state index is 2.75. The van der Waals surface area contributed by atoms with Crippen LogP contribution in [0.1, 0.15) is 0 Å². The van der Waals surface area contributed by atoms with Crippen molar-refractivity contribution in [2.75, 3.05) is 0 Å². The fraction of sp³-hybridized carbons (Fsp3) is 0.455. The Bertz CT molecular complexity index is 695. The summed E-state index contributed by atoms with van der Waals surface area (Å²) in [6, 6.07) is 23.3. The zero-order valence-electron chi connectivity index (χ0n) is 19.7. The Morgan fingerprint density at radius 1 is 0.464 bits per heavy atom. The van der Waals surface area contributed by atoms with E-state index in [0.717, 1.165) is 13.7 Å².